The maximum absolute atomic E-state index is 5.50. The molecule has 70 valence electrons. The first-order valence-corrected chi connectivity index (χ1v) is 4.49. The van der Waals surface area contributed by atoms with E-state index in [0.717, 1.165) is 12.4 Å². The smallest absolute Gasteiger partial charge is 0.146 e. The van der Waals surface area contributed by atoms with Gasteiger partial charge < -0.3 is 11.1 Å². The zero-order chi connectivity index (χ0) is 9.31. The number of nitrogens with two attached hydrogens (primary N) is 1. The maximum atomic E-state index is 5.50. The van der Waals surface area contributed by atoms with E-state index in [4.69, 9.17) is 5.73 Å². The van der Waals surface area contributed by atoms with Crippen molar-refractivity contribution in [3.05, 3.63) is 12.4 Å². The first-order valence-electron chi connectivity index (χ1n) is 4.49. The van der Waals surface area contributed by atoms with Gasteiger partial charge in [0.25, 0.3) is 0 Å². The van der Waals surface area contributed by atoms with E-state index >= 15 is 0 Å². The molecule has 0 unspecified atom stereocenters. The third kappa shape index (κ3) is 2.08. The lowest BCUT2D eigenvalue weighted by molar-refractivity contribution is 0.609. The summed E-state index contributed by atoms with van der Waals surface area (Å²) in [6, 6.07) is 0. The third-order valence-corrected chi connectivity index (χ3v) is 2.45. The topological polar surface area (TPSA) is 63.8 Å². The van der Waals surface area contributed by atoms with Gasteiger partial charge in [0.1, 0.15) is 11.6 Å². The van der Waals surface area contributed by atoms with Crippen molar-refractivity contribution in [2.45, 2.75) is 19.8 Å². The largest absolute Gasteiger partial charge is 0.382 e. The fourth-order valence-electron chi connectivity index (χ4n) is 1.16. The van der Waals surface area contributed by atoms with E-state index in [0.29, 0.717) is 11.2 Å². The second-order valence-corrected chi connectivity index (χ2v) is 3.99. The molecule has 1 aromatic heterocycles. The fraction of sp³-hybridized carbons (Fsp3) is 0.556. The molecule has 0 aliphatic heterocycles. The summed E-state index contributed by atoms with van der Waals surface area (Å²) in [7, 11) is 0. The summed E-state index contributed by atoms with van der Waals surface area (Å²) in [5.74, 6) is 1.24. The molecule has 1 aliphatic rings. The average Bonchev–Trinajstić information content (AvgIpc) is 2.82. The van der Waals surface area contributed by atoms with Crippen LogP contribution in [0.15, 0.2) is 12.4 Å². The lowest BCUT2D eigenvalue weighted by Gasteiger charge is -2.09. The lowest BCUT2D eigenvalue weighted by Crippen LogP contribution is -2.13. The molecule has 2 rings (SSSR count). The minimum absolute atomic E-state index is 0.464. The van der Waals surface area contributed by atoms with Crippen molar-refractivity contribution < 1.29 is 0 Å². The molecule has 1 aliphatic carbocycles. The number of hydrogen-bond donors (Lipinski definition) is 2. The van der Waals surface area contributed by atoms with Gasteiger partial charge in [0.05, 0.1) is 12.4 Å². The van der Waals surface area contributed by atoms with Crippen molar-refractivity contribution in [3.63, 3.8) is 0 Å². The molecule has 1 aromatic rings. The van der Waals surface area contributed by atoms with E-state index in [9.17, 15) is 0 Å². The van der Waals surface area contributed by atoms with Gasteiger partial charge in [-0.05, 0) is 18.3 Å². The van der Waals surface area contributed by atoms with Gasteiger partial charge in [-0.25, -0.2) is 4.98 Å². The molecule has 4 heteroatoms. The number of anilines is 2. The number of rotatable bonds is 3. The highest BCUT2D eigenvalue weighted by Crippen LogP contribution is 2.44. The van der Waals surface area contributed by atoms with Crippen molar-refractivity contribution in [1.29, 1.82) is 0 Å². The van der Waals surface area contributed by atoms with Crippen molar-refractivity contribution in [2.24, 2.45) is 5.41 Å². The summed E-state index contributed by atoms with van der Waals surface area (Å²) in [5, 5.41) is 3.23. The van der Waals surface area contributed by atoms with Crippen LogP contribution in [0.2, 0.25) is 0 Å². The van der Waals surface area contributed by atoms with Crippen LogP contribution in [0, 0.1) is 5.41 Å². The Labute approximate surface area is 77.6 Å². The number of hydrogen-bond acceptors (Lipinski definition) is 4. The minimum Gasteiger partial charge on any atom is -0.382 e. The molecule has 1 fully saturated rings. The maximum Gasteiger partial charge on any atom is 0.146 e. The van der Waals surface area contributed by atoms with E-state index in [1.807, 2.05) is 0 Å². The Kier molecular flexibility index (Phi) is 1.83. The second kappa shape index (κ2) is 2.87. The summed E-state index contributed by atoms with van der Waals surface area (Å²) >= 11 is 0. The monoisotopic (exact) mass is 178 g/mol. The zero-order valence-electron chi connectivity index (χ0n) is 7.75. The molecule has 0 spiro atoms. The van der Waals surface area contributed by atoms with Gasteiger partial charge in [-0.2, -0.15) is 0 Å². The van der Waals surface area contributed by atoms with Crippen LogP contribution in [-0.4, -0.2) is 16.5 Å². The standard InChI is InChI=1S/C9H14N4/c1-9(2-3-9)6-12-8-5-11-4-7(10)13-8/h4-5H,2-3,6H2,1H3,(H3,10,12,13). The summed E-state index contributed by atoms with van der Waals surface area (Å²) in [6.07, 6.45) is 5.84. The molecular formula is C9H14N4. The molecule has 0 radical (unpaired) electrons. The number of nitrogens with zero attached hydrogens (tertiary/aromatic N) is 2. The molecule has 4 nitrogen and oxygen atoms in total. The fourth-order valence-corrected chi connectivity index (χ4v) is 1.16. The minimum atomic E-state index is 0.464. The molecule has 0 atom stereocenters. The van der Waals surface area contributed by atoms with Crippen molar-refractivity contribution >= 4 is 11.6 Å². The lowest BCUT2D eigenvalue weighted by atomic mass is 10.1. The van der Waals surface area contributed by atoms with Crippen LogP contribution in [0.3, 0.4) is 0 Å². The molecule has 1 saturated carbocycles. The number of nitrogens with one attached hydrogen (secondary N) is 1. The van der Waals surface area contributed by atoms with Crippen LogP contribution in [-0.2, 0) is 0 Å². The van der Waals surface area contributed by atoms with Crippen LogP contribution >= 0.6 is 0 Å². The number of aromatic nitrogens is 2. The Morgan fingerprint density at radius 2 is 2.31 bits per heavy atom. The molecule has 1 heterocycles. The highest BCUT2D eigenvalue weighted by atomic mass is 15.0. The van der Waals surface area contributed by atoms with E-state index in [2.05, 4.69) is 22.2 Å². The van der Waals surface area contributed by atoms with Crippen LogP contribution in [0.4, 0.5) is 11.6 Å². The van der Waals surface area contributed by atoms with Gasteiger partial charge in [0.2, 0.25) is 0 Å². The van der Waals surface area contributed by atoms with E-state index in [-0.39, 0.29) is 0 Å². The average molecular weight is 178 g/mol. The molecule has 3 N–H and O–H groups in total. The van der Waals surface area contributed by atoms with Crippen molar-refractivity contribution in [2.75, 3.05) is 17.6 Å². The van der Waals surface area contributed by atoms with E-state index < -0.39 is 0 Å². The molecule has 13 heavy (non-hydrogen) atoms. The Hall–Kier alpha value is -1.32. The van der Waals surface area contributed by atoms with E-state index in [1.54, 1.807) is 12.4 Å². The van der Waals surface area contributed by atoms with Gasteiger partial charge in [0.15, 0.2) is 0 Å². The van der Waals surface area contributed by atoms with Crippen molar-refractivity contribution in [1.82, 2.24) is 9.97 Å². The summed E-state index contributed by atoms with van der Waals surface area (Å²) in [4.78, 5) is 8.06. The third-order valence-electron chi connectivity index (χ3n) is 2.45. The molecular weight excluding hydrogens is 164 g/mol. The van der Waals surface area contributed by atoms with Crippen LogP contribution in [0.5, 0.6) is 0 Å². The van der Waals surface area contributed by atoms with Gasteiger partial charge in [-0.3, -0.25) is 4.98 Å². The highest BCUT2D eigenvalue weighted by Gasteiger charge is 2.36. The van der Waals surface area contributed by atoms with Gasteiger partial charge in [0, 0.05) is 6.54 Å². The molecule has 0 amide bonds. The number of nitrogen functional groups attached to an aromatic ring is 1. The Bertz CT molecular complexity index is 306. The van der Waals surface area contributed by atoms with Gasteiger partial charge in [-0.1, -0.05) is 6.92 Å². The molecule has 0 saturated heterocycles. The Morgan fingerprint density at radius 1 is 1.54 bits per heavy atom. The van der Waals surface area contributed by atoms with E-state index in [1.165, 1.54) is 12.8 Å². The Balaban J connectivity index is 1.94. The molecule has 0 aromatic carbocycles. The van der Waals surface area contributed by atoms with Gasteiger partial charge >= 0.3 is 0 Å². The Morgan fingerprint density at radius 3 is 2.92 bits per heavy atom. The molecule has 0 bridgehead atoms. The van der Waals surface area contributed by atoms with Crippen LogP contribution in [0.25, 0.3) is 0 Å². The quantitative estimate of drug-likeness (QED) is 0.731. The predicted molar refractivity (Wildman–Crippen MR) is 52.3 cm³/mol. The van der Waals surface area contributed by atoms with Crippen molar-refractivity contribution in [3.8, 4) is 0 Å². The first-order chi connectivity index (χ1) is 6.18. The van der Waals surface area contributed by atoms with Gasteiger partial charge in [-0.15, -0.1) is 0 Å². The first kappa shape index (κ1) is 8.29. The normalized spacial score (nSPS) is 18.2. The highest BCUT2D eigenvalue weighted by molar-refractivity contribution is 5.38. The predicted octanol–water partition coefficient (Wildman–Crippen LogP) is 1.27. The zero-order valence-corrected chi connectivity index (χ0v) is 7.75. The van der Waals surface area contributed by atoms with Crippen LogP contribution in [0.1, 0.15) is 19.8 Å². The summed E-state index contributed by atoms with van der Waals surface area (Å²) in [6.45, 7) is 3.23. The summed E-state index contributed by atoms with van der Waals surface area (Å²) < 4.78 is 0. The SMILES string of the molecule is CC1(CNc2cncc(N)n2)CC1. The second-order valence-electron chi connectivity index (χ2n) is 3.99. The van der Waals surface area contributed by atoms with Crippen LogP contribution < -0.4 is 11.1 Å². The summed E-state index contributed by atoms with van der Waals surface area (Å²) in [5.41, 5.74) is 5.98.